The summed E-state index contributed by atoms with van der Waals surface area (Å²) in [7, 11) is -3.62. The van der Waals surface area contributed by atoms with Crippen molar-refractivity contribution in [2.45, 2.75) is 38.1 Å². The van der Waals surface area contributed by atoms with Crippen molar-refractivity contribution in [3.8, 4) is 0 Å². The number of hydrogen-bond donors (Lipinski definition) is 1. The van der Waals surface area contributed by atoms with Crippen LogP contribution in [0.1, 0.15) is 32.8 Å². The quantitative estimate of drug-likeness (QED) is 0.812. The predicted molar refractivity (Wildman–Crippen MR) is 86.7 cm³/mol. The fourth-order valence-electron chi connectivity index (χ4n) is 1.87. The van der Waals surface area contributed by atoms with Gasteiger partial charge in [0.15, 0.2) is 0 Å². The van der Waals surface area contributed by atoms with E-state index in [9.17, 15) is 8.42 Å². The number of benzene rings is 1. The second-order valence-corrected chi connectivity index (χ2v) is 7.42. The molecule has 7 heteroatoms. The minimum Gasteiger partial charge on any atom is -0.389 e. The normalized spacial score (nSPS) is 12.1. The minimum absolute atomic E-state index is 0.0846. The molecule has 0 bridgehead atoms. The molecule has 0 aromatic heterocycles. The molecule has 0 aliphatic heterocycles. The van der Waals surface area contributed by atoms with Crippen LogP contribution < -0.4 is 5.73 Å². The lowest BCUT2D eigenvalue weighted by Crippen LogP contribution is -2.37. The van der Waals surface area contributed by atoms with Crippen LogP contribution in [0, 0.1) is 0 Å². The van der Waals surface area contributed by atoms with E-state index in [0.717, 1.165) is 6.42 Å². The zero-order chi connectivity index (χ0) is 15.5. The van der Waals surface area contributed by atoms with Crippen LogP contribution in [-0.2, 0) is 10.0 Å². The molecular weight excluding hydrogens is 316 g/mol. The van der Waals surface area contributed by atoms with Gasteiger partial charge in [-0.25, -0.2) is 8.42 Å². The van der Waals surface area contributed by atoms with E-state index in [0.29, 0.717) is 12.1 Å². The molecule has 112 valence electrons. The molecule has 1 aromatic carbocycles. The summed E-state index contributed by atoms with van der Waals surface area (Å²) in [6.07, 6.45) is 0.736. The number of rotatable bonds is 6. The van der Waals surface area contributed by atoms with Crippen molar-refractivity contribution in [2.24, 2.45) is 5.73 Å². The Morgan fingerprint density at radius 1 is 1.45 bits per heavy atom. The fourth-order valence-corrected chi connectivity index (χ4v) is 4.24. The molecule has 20 heavy (non-hydrogen) atoms. The Hall–Kier alpha value is -0.690. The summed E-state index contributed by atoms with van der Waals surface area (Å²) in [5.74, 6) is 0. The SMILES string of the molecule is CCCN(C(C)C)S(=O)(=O)c1ccc(C(N)=S)cc1Cl. The van der Waals surface area contributed by atoms with Gasteiger partial charge in [-0.1, -0.05) is 36.8 Å². The molecule has 0 aliphatic carbocycles. The van der Waals surface area contributed by atoms with E-state index >= 15 is 0 Å². The van der Waals surface area contributed by atoms with E-state index in [1.807, 2.05) is 20.8 Å². The summed E-state index contributed by atoms with van der Waals surface area (Å²) in [4.78, 5) is 0.270. The Kier molecular flexibility index (Phi) is 5.94. The summed E-state index contributed by atoms with van der Waals surface area (Å²) in [6.45, 7) is 6.06. The highest BCUT2D eigenvalue weighted by atomic mass is 35.5. The zero-order valence-corrected chi connectivity index (χ0v) is 14.1. The lowest BCUT2D eigenvalue weighted by atomic mass is 10.2. The van der Waals surface area contributed by atoms with Crippen LogP contribution >= 0.6 is 23.8 Å². The van der Waals surface area contributed by atoms with Crippen LogP contribution in [0.15, 0.2) is 23.1 Å². The molecule has 1 aromatic rings. The number of hydrogen-bond acceptors (Lipinski definition) is 3. The van der Waals surface area contributed by atoms with E-state index in [4.69, 9.17) is 29.6 Å². The molecule has 0 fully saturated rings. The maximum atomic E-state index is 12.6. The van der Waals surface area contributed by atoms with Gasteiger partial charge in [0.25, 0.3) is 0 Å². The molecule has 0 aliphatic rings. The van der Waals surface area contributed by atoms with Crippen molar-refractivity contribution in [3.63, 3.8) is 0 Å². The van der Waals surface area contributed by atoms with Crippen LogP contribution in [0.4, 0.5) is 0 Å². The minimum atomic E-state index is -3.62. The van der Waals surface area contributed by atoms with E-state index in [1.54, 1.807) is 6.07 Å². The van der Waals surface area contributed by atoms with Crippen molar-refractivity contribution in [2.75, 3.05) is 6.54 Å². The largest absolute Gasteiger partial charge is 0.389 e. The lowest BCUT2D eigenvalue weighted by Gasteiger charge is -2.26. The molecule has 0 radical (unpaired) electrons. The first-order chi connectivity index (χ1) is 9.21. The highest BCUT2D eigenvalue weighted by molar-refractivity contribution is 7.89. The lowest BCUT2D eigenvalue weighted by molar-refractivity contribution is 0.354. The van der Waals surface area contributed by atoms with Gasteiger partial charge in [-0.3, -0.25) is 0 Å². The number of sulfonamides is 1. The monoisotopic (exact) mass is 334 g/mol. The summed E-state index contributed by atoms with van der Waals surface area (Å²) in [5.41, 5.74) is 6.06. The first-order valence-corrected chi connectivity index (χ1v) is 8.55. The molecular formula is C13H19ClN2O2S2. The number of halogens is 1. The number of nitrogens with two attached hydrogens (primary N) is 1. The Morgan fingerprint density at radius 3 is 2.45 bits per heavy atom. The molecule has 0 atom stereocenters. The van der Waals surface area contributed by atoms with E-state index < -0.39 is 10.0 Å². The Bertz CT molecular complexity index is 600. The van der Waals surface area contributed by atoms with Crippen molar-refractivity contribution in [1.82, 2.24) is 4.31 Å². The third-order valence-corrected chi connectivity index (χ3v) is 5.62. The smallest absolute Gasteiger partial charge is 0.244 e. The molecule has 0 saturated heterocycles. The maximum Gasteiger partial charge on any atom is 0.244 e. The van der Waals surface area contributed by atoms with E-state index in [-0.39, 0.29) is 20.9 Å². The van der Waals surface area contributed by atoms with Crippen molar-refractivity contribution in [1.29, 1.82) is 0 Å². The maximum absolute atomic E-state index is 12.6. The van der Waals surface area contributed by atoms with Crippen LogP contribution in [-0.4, -0.2) is 30.3 Å². The van der Waals surface area contributed by atoms with Gasteiger partial charge in [-0.15, -0.1) is 0 Å². The van der Waals surface area contributed by atoms with Gasteiger partial charge in [0.05, 0.1) is 5.02 Å². The summed E-state index contributed by atoms with van der Waals surface area (Å²) < 4.78 is 26.7. The van der Waals surface area contributed by atoms with Gasteiger partial charge >= 0.3 is 0 Å². The molecule has 0 heterocycles. The van der Waals surface area contributed by atoms with Gasteiger partial charge in [-0.05, 0) is 32.4 Å². The molecule has 0 amide bonds. The van der Waals surface area contributed by atoms with Crippen molar-refractivity contribution in [3.05, 3.63) is 28.8 Å². The van der Waals surface area contributed by atoms with Crippen LogP contribution in [0.2, 0.25) is 5.02 Å². The Morgan fingerprint density at radius 2 is 2.05 bits per heavy atom. The van der Waals surface area contributed by atoms with Gasteiger partial charge in [0.2, 0.25) is 10.0 Å². The average molecular weight is 335 g/mol. The van der Waals surface area contributed by atoms with Crippen molar-refractivity contribution < 1.29 is 8.42 Å². The summed E-state index contributed by atoms with van der Waals surface area (Å²) >= 11 is 10.9. The molecule has 4 nitrogen and oxygen atoms in total. The van der Waals surface area contributed by atoms with Gasteiger partial charge in [0, 0.05) is 18.2 Å². The predicted octanol–water partition coefficient (Wildman–Crippen LogP) is 2.78. The average Bonchev–Trinajstić information content (AvgIpc) is 2.34. The second-order valence-electron chi connectivity index (χ2n) is 4.72. The number of nitrogens with zero attached hydrogens (tertiary/aromatic N) is 1. The van der Waals surface area contributed by atoms with Gasteiger partial charge in [-0.2, -0.15) is 4.31 Å². The third kappa shape index (κ3) is 3.69. The second kappa shape index (κ2) is 6.85. The van der Waals surface area contributed by atoms with Crippen LogP contribution in [0.5, 0.6) is 0 Å². The first kappa shape index (κ1) is 17.4. The standard InChI is InChI=1S/C13H19ClN2O2S2/c1-4-7-16(9(2)3)20(17,18)12-6-5-10(13(15)19)8-11(12)14/h5-6,8-9H,4,7H2,1-3H3,(H2,15,19). The Balaban J connectivity index is 3.31. The molecule has 0 unspecified atom stereocenters. The highest BCUT2D eigenvalue weighted by Crippen LogP contribution is 2.27. The summed E-state index contributed by atoms with van der Waals surface area (Å²) in [5, 5.41) is 0.136. The zero-order valence-electron chi connectivity index (χ0n) is 11.8. The van der Waals surface area contributed by atoms with Gasteiger partial charge in [0.1, 0.15) is 9.88 Å². The first-order valence-electron chi connectivity index (χ1n) is 6.33. The van der Waals surface area contributed by atoms with Crippen LogP contribution in [0.3, 0.4) is 0 Å². The van der Waals surface area contributed by atoms with Crippen molar-refractivity contribution >= 4 is 38.8 Å². The fraction of sp³-hybridized carbons (Fsp3) is 0.462. The van der Waals surface area contributed by atoms with Gasteiger partial charge < -0.3 is 5.73 Å². The topological polar surface area (TPSA) is 63.4 Å². The number of thiocarbonyl (C=S) groups is 1. The summed E-state index contributed by atoms with van der Waals surface area (Å²) in [6, 6.07) is 4.38. The molecule has 2 N–H and O–H groups in total. The third-order valence-electron chi connectivity index (χ3n) is 2.82. The molecule has 1 rings (SSSR count). The molecule has 0 spiro atoms. The van der Waals surface area contributed by atoms with Crippen LogP contribution in [0.25, 0.3) is 0 Å². The molecule has 0 saturated carbocycles. The van der Waals surface area contributed by atoms with E-state index in [1.165, 1.54) is 16.4 Å². The Labute approximate surface area is 131 Å². The highest BCUT2D eigenvalue weighted by Gasteiger charge is 2.28. The van der Waals surface area contributed by atoms with E-state index in [2.05, 4.69) is 0 Å².